The maximum atomic E-state index is 12.9. The molecule has 158 valence electrons. The van der Waals surface area contributed by atoms with Crippen LogP contribution in [0.25, 0.3) is 0 Å². The highest BCUT2D eigenvalue weighted by Crippen LogP contribution is 2.23. The third kappa shape index (κ3) is 5.46. The van der Waals surface area contributed by atoms with Crippen LogP contribution in [-0.2, 0) is 0 Å². The van der Waals surface area contributed by atoms with Crippen LogP contribution in [0, 0.1) is 17.2 Å². The molecule has 0 spiro atoms. The van der Waals surface area contributed by atoms with E-state index in [9.17, 15) is 4.79 Å². The second kappa shape index (κ2) is 9.87. The van der Waals surface area contributed by atoms with Crippen molar-refractivity contribution in [3.8, 4) is 6.07 Å². The largest absolute Gasteiger partial charge is 0.369 e. The molecule has 2 aromatic rings. The number of halogens is 1. The number of nitrogens with zero attached hydrogens (tertiary/aromatic N) is 6. The molecule has 3 rings (SSSR count). The molecule has 1 N–H and O–H groups in total. The number of hydrogen-bond donors (Lipinski definition) is 1. The third-order valence-electron chi connectivity index (χ3n) is 4.86. The first-order valence-corrected chi connectivity index (χ1v) is 10.7. The zero-order chi connectivity index (χ0) is 21.7. The van der Waals surface area contributed by atoms with Gasteiger partial charge in [-0.3, -0.25) is 15.2 Å². The molecule has 30 heavy (non-hydrogen) atoms. The molecule has 1 aromatic carbocycles. The first kappa shape index (κ1) is 22.0. The van der Waals surface area contributed by atoms with E-state index < -0.39 is 0 Å². The number of rotatable bonds is 6. The van der Waals surface area contributed by atoms with Crippen molar-refractivity contribution in [1.82, 2.24) is 20.3 Å². The summed E-state index contributed by atoms with van der Waals surface area (Å²) in [7, 11) is 2.13. The Morgan fingerprint density at radius 1 is 1.27 bits per heavy atom. The molecule has 1 amide bonds. The van der Waals surface area contributed by atoms with Gasteiger partial charge in [0.1, 0.15) is 6.07 Å². The molecular formula is C21H26BrN7O. The fourth-order valence-electron chi connectivity index (χ4n) is 3.23. The summed E-state index contributed by atoms with van der Waals surface area (Å²) in [5, 5.41) is 10.8. The van der Waals surface area contributed by atoms with Crippen LogP contribution in [0.3, 0.4) is 0 Å². The minimum Gasteiger partial charge on any atom is -0.369 e. The molecule has 0 saturated carbocycles. The van der Waals surface area contributed by atoms with Crippen molar-refractivity contribution in [2.75, 3.05) is 49.7 Å². The number of aromatic nitrogens is 2. The third-order valence-corrected chi connectivity index (χ3v) is 5.42. The predicted molar refractivity (Wildman–Crippen MR) is 120 cm³/mol. The molecule has 0 bridgehead atoms. The summed E-state index contributed by atoms with van der Waals surface area (Å²) in [6.45, 7) is 8.65. The van der Waals surface area contributed by atoms with E-state index in [4.69, 9.17) is 5.26 Å². The number of benzene rings is 1. The molecular weight excluding hydrogens is 446 g/mol. The van der Waals surface area contributed by atoms with E-state index in [0.29, 0.717) is 22.4 Å². The van der Waals surface area contributed by atoms with Crippen molar-refractivity contribution >= 4 is 33.3 Å². The molecule has 1 fully saturated rings. The lowest BCUT2D eigenvalue weighted by Gasteiger charge is -2.34. The van der Waals surface area contributed by atoms with Gasteiger partial charge in [-0.2, -0.15) is 10.2 Å². The van der Waals surface area contributed by atoms with E-state index in [-0.39, 0.29) is 17.6 Å². The Morgan fingerprint density at radius 3 is 2.53 bits per heavy atom. The Kier molecular flexibility index (Phi) is 7.24. The predicted octanol–water partition coefficient (Wildman–Crippen LogP) is 2.67. The lowest BCUT2D eigenvalue weighted by atomic mass is 10.1. The first-order valence-electron chi connectivity index (χ1n) is 9.92. The molecule has 1 saturated heterocycles. The van der Waals surface area contributed by atoms with Gasteiger partial charge < -0.3 is 9.80 Å². The summed E-state index contributed by atoms with van der Waals surface area (Å²) < 4.78 is 0.605. The van der Waals surface area contributed by atoms with E-state index in [0.717, 1.165) is 31.9 Å². The Bertz CT molecular complexity index is 918. The van der Waals surface area contributed by atoms with Crippen LogP contribution in [-0.4, -0.2) is 60.5 Å². The summed E-state index contributed by atoms with van der Waals surface area (Å²) in [5.41, 5.74) is 4.61. The molecule has 0 radical (unpaired) electrons. The van der Waals surface area contributed by atoms with Crippen molar-refractivity contribution in [3.05, 3.63) is 46.3 Å². The SMILES string of the molecule is CC(C)CN(NC(=O)c1ccc(N2CCN(C)CC2)cc1)c1nc(C#N)ncc1Br. The fourth-order valence-corrected chi connectivity index (χ4v) is 3.63. The number of likely N-dealkylation sites (N-methyl/N-ethyl adjacent to an activating group) is 1. The standard InChI is InChI=1S/C21H26BrN7O/c1-15(2)14-29(20-18(22)13-24-19(12-23)25-20)26-21(30)16-4-6-17(7-5-16)28-10-8-27(3)9-11-28/h4-7,13,15H,8-11,14H2,1-3H3,(H,26,30). The number of nitrogens with one attached hydrogen (secondary N) is 1. The molecule has 0 aliphatic carbocycles. The van der Waals surface area contributed by atoms with Gasteiger partial charge >= 0.3 is 0 Å². The van der Waals surface area contributed by atoms with Gasteiger partial charge in [0, 0.05) is 50.2 Å². The number of anilines is 2. The van der Waals surface area contributed by atoms with Gasteiger partial charge in [-0.1, -0.05) is 13.8 Å². The van der Waals surface area contributed by atoms with Gasteiger partial charge in [-0.25, -0.2) is 4.98 Å². The minimum absolute atomic E-state index is 0.0488. The summed E-state index contributed by atoms with van der Waals surface area (Å²) >= 11 is 3.42. The van der Waals surface area contributed by atoms with E-state index in [1.165, 1.54) is 6.20 Å². The average molecular weight is 472 g/mol. The molecule has 2 heterocycles. The summed E-state index contributed by atoms with van der Waals surface area (Å²) in [4.78, 5) is 25.7. The van der Waals surface area contributed by atoms with Crippen LogP contribution in [0.5, 0.6) is 0 Å². The van der Waals surface area contributed by atoms with Crippen LogP contribution in [0.15, 0.2) is 34.9 Å². The van der Waals surface area contributed by atoms with Crippen molar-refractivity contribution in [3.63, 3.8) is 0 Å². The average Bonchev–Trinajstić information content (AvgIpc) is 2.74. The van der Waals surface area contributed by atoms with Crippen molar-refractivity contribution in [2.45, 2.75) is 13.8 Å². The quantitative estimate of drug-likeness (QED) is 0.647. The second-order valence-corrected chi connectivity index (χ2v) is 8.61. The van der Waals surface area contributed by atoms with E-state index in [1.807, 2.05) is 44.2 Å². The Balaban J connectivity index is 1.75. The Morgan fingerprint density at radius 2 is 1.93 bits per heavy atom. The summed E-state index contributed by atoms with van der Waals surface area (Å²) in [6.07, 6.45) is 1.52. The minimum atomic E-state index is -0.232. The van der Waals surface area contributed by atoms with Gasteiger partial charge in [0.15, 0.2) is 5.82 Å². The molecule has 0 unspecified atom stereocenters. The van der Waals surface area contributed by atoms with E-state index in [2.05, 4.69) is 48.2 Å². The summed E-state index contributed by atoms with van der Waals surface area (Å²) in [6, 6.07) is 9.59. The van der Waals surface area contributed by atoms with Crippen LogP contribution in [0.1, 0.15) is 30.0 Å². The number of hydrazine groups is 1. The maximum Gasteiger partial charge on any atom is 0.269 e. The fraction of sp³-hybridized carbons (Fsp3) is 0.429. The van der Waals surface area contributed by atoms with Gasteiger partial charge in [0.05, 0.1) is 4.47 Å². The van der Waals surface area contributed by atoms with Gasteiger partial charge in [-0.05, 0) is 53.2 Å². The monoisotopic (exact) mass is 471 g/mol. The number of piperazine rings is 1. The van der Waals surface area contributed by atoms with Crippen molar-refractivity contribution in [2.24, 2.45) is 5.92 Å². The highest BCUT2D eigenvalue weighted by Gasteiger charge is 2.19. The van der Waals surface area contributed by atoms with Crippen molar-refractivity contribution in [1.29, 1.82) is 5.26 Å². The number of hydrogen-bond acceptors (Lipinski definition) is 7. The van der Waals surface area contributed by atoms with Gasteiger partial charge in [-0.15, -0.1) is 0 Å². The molecule has 9 heteroatoms. The lowest BCUT2D eigenvalue weighted by molar-refractivity contribution is 0.0947. The first-order chi connectivity index (χ1) is 14.4. The van der Waals surface area contributed by atoms with E-state index >= 15 is 0 Å². The van der Waals surface area contributed by atoms with Gasteiger partial charge in [0.25, 0.3) is 5.91 Å². The van der Waals surface area contributed by atoms with Crippen LogP contribution < -0.4 is 15.3 Å². The zero-order valence-corrected chi connectivity index (χ0v) is 19.1. The van der Waals surface area contributed by atoms with Gasteiger partial charge in [0.2, 0.25) is 5.82 Å². The Hall–Kier alpha value is -2.70. The highest BCUT2D eigenvalue weighted by molar-refractivity contribution is 9.10. The molecule has 0 atom stereocenters. The highest BCUT2D eigenvalue weighted by atomic mass is 79.9. The zero-order valence-electron chi connectivity index (χ0n) is 17.5. The number of carbonyl (C=O) groups excluding carboxylic acids is 1. The second-order valence-electron chi connectivity index (χ2n) is 7.76. The molecule has 1 aliphatic rings. The topological polar surface area (TPSA) is 88.4 Å². The number of amides is 1. The maximum absolute atomic E-state index is 12.9. The van der Waals surface area contributed by atoms with Crippen molar-refractivity contribution < 1.29 is 4.79 Å². The normalized spacial score (nSPS) is 14.5. The van der Waals surface area contributed by atoms with Crippen LogP contribution >= 0.6 is 15.9 Å². The number of nitriles is 1. The molecule has 8 nitrogen and oxygen atoms in total. The summed E-state index contributed by atoms with van der Waals surface area (Å²) in [5.74, 6) is 0.535. The van der Waals surface area contributed by atoms with Crippen LogP contribution in [0.4, 0.5) is 11.5 Å². The molecule has 1 aliphatic heterocycles. The number of carbonyl (C=O) groups is 1. The van der Waals surface area contributed by atoms with Crippen LogP contribution in [0.2, 0.25) is 0 Å². The molecule has 1 aromatic heterocycles. The van der Waals surface area contributed by atoms with E-state index in [1.54, 1.807) is 5.01 Å². The lowest BCUT2D eigenvalue weighted by Crippen LogP contribution is -2.45. The smallest absolute Gasteiger partial charge is 0.269 e. The Labute approximate surface area is 185 Å².